The molecule has 0 aliphatic carbocycles. The van der Waals surface area contributed by atoms with Crippen molar-refractivity contribution < 1.29 is 0 Å². The fraction of sp³-hybridized carbons (Fsp3) is 0. The molecule has 2 rings (SSSR count). The Morgan fingerprint density at radius 2 is 1.54 bits per heavy atom. The number of hydrogen-bond acceptors (Lipinski definition) is 2. The Labute approximate surface area is 82.9 Å². The number of fused-ring (bicyclic) bond motifs is 1. The zero-order chi connectivity index (χ0) is 8.55. The fourth-order valence-corrected chi connectivity index (χ4v) is 1.31. The van der Waals surface area contributed by atoms with Gasteiger partial charge in [0.25, 0.3) is 0 Å². The monoisotopic (exact) mass is 194 g/mol. The third kappa shape index (κ3) is 1.53. The lowest BCUT2D eigenvalue weighted by atomic mass is 10.1. The maximum atomic E-state index is 5.79. The van der Waals surface area contributed by atoms with E-state index in [1.807, 2.05) is 36.4 Å². The summed E-state index contributed by atoms with van der Waals surface area (Å²) < 4.78 is 0. The molecule has 0 aromatic heterocycles. The lowest BCUT2D eigenvalue weighted by molar-refractivity contribution is 1.71. The minimum absolute atomic E-state index is 0. The minimum Gasteiger partial charge on any atom is -0.397 e. The number of nitrogen functional groups attached to an aromatic ring is 2. The highest BCUT2D eigenvalue weighted by Gasteiger charge is 1.98. The molecule has 4 N–H and O–H groups in total. The van der Waals surface area contributed by atoms with Gasteiger partial charge in [-0.3, -0.25) is 0 Å². The summed E-state index contributed by atoms with van der Waals surface area (Å²) in [4.78, 5) is 0. The summed E-state index contributed by atoms with van der Waals surface area (Å²) in [6, 6.07) is 11.7. The third-order valence-electron chi connectivity index (χ3n) is 2.00. The zero-order valence-corrected chi connectivity index (χ0v) is 7.84. The number of halogens is 1. The maximum Gasteiger partial charge on any atom is 0.0627 e. The van der Waals surface area contributed by atoms with Crippen LogP contribution in [-0.4, -0.2) is 0 Å². The molecular weight excluding hydrogens is 184 g/mol. The van der Waals surface area contributed by atoms with Gasteiger partial charge in [0, 0.05) is 5.39 Å². The Hall–Kier alpha value is -1.41. The summed E-state index contributed by atoms with van der Waals surface area (Å²) in [5, 5.41) is 2.15. The van der Waals surface area contributed by atoms with Gasteiger partial charge in [0.2, 0.25) is 0 Å². The van der Waals surface area contributed by atoms with Gasteiger partial charge in [0.1, 0.15) is 0 Å². The number of rotatable bonds is 0. The standard InChI is InChI=1S/C10H10N2.ClH/c11-9-6-5-7-3-1-2-4-8(7)10(9)12;/h1-6H,11-12H2;1H. The molecular formula is C10H11ClN2. The Morgan fingerprint density at radius 1 is 0.846 bits per heavy atom. The highest BCUT2D eigenvalue weighted by Crippen LogP contribution is 2.25. The molecule has 0 atom stereocenters. The van der Waals surface area contributed by atoms with E-state index in [1.54, 1.807) is 0 Å². The first kappa shape index (κ1) is 9.68. The van der Waals surface area contributed by atoms with E-state index in [0.717, 1.165) is 10.8 Å². The van der Waals surface area contributed by atoms with Crippen molar-refractivity contribution in [2.24, 2.45) is 0 Å². The molecule has 0 aliphatic heterocycles. The predicted octanol–water partition coefficient (Wildman–Crippen LogP) is 2.43. The molecule has 13 heavy (non-hydrogen) atoms. The van der Waals surface area contributed by atoms with Crippen LogP contribution in [0.4, 0.5) is 11.4 Å². The molecule has 0 saturated carbocycles. The summed E-state index contributed by atoms with van der Waals surface area (Å²) in [5.74, 6) is 0. The average Bonchev–Trinajstić information content (AvgIpc) is 2.12. The number of benzene rings is 2. The highest BCUT2D eigenvalue weighted by molar-refractivity contribution is 5.98. The predicted molar refractivity (Wildman–Crippen MR) is 60.0 cm³/mol. The quantitative estimate of drug-likeness (QED) is 0.633. The van der Waals surface area contributed by atoms with Gasteiger partial charge in [-0.15, -0.1) is 12.4 Å². The van der Waals surface area contributed by atoms with Gasteiger partial charge < -0.3 is 11.5 Å². The van der Waals surface area contributed by atoms with Crippen molar-refractivity contribution in [3.63, 3.8) is 0 Å². The van der Waals surface area contributed by atoms with E-state index < -0.39 is 0 Å². The van der Waals surface area contributed by atoms with E-state index >= 15 is 0 Å². The van der Waals surface area contributed by atoms with Crippen LogP contribution in [-0.2, 0) is 0 Å². The van der Waals surface area contributed by atoms with Gasteiger partial charge >= 0.3 is 0 Å². The highest BCUT2D eigenvalue weighted by atomic mass is 35.5. The maximum absolute atomic E-state index is 5.79. The molecule has 0 unspecified atom stereocenters. The molecule has 0 spiro atoms. The van der Waals surface area contributed by atoms with Crippen molar-refractivity contribution >= 4 is 34.6 Å². The molecule has 0 aliphatic rings. The van der Waals surface area contributed by atoms with Gasteiger partial charge in [0.05, 0.1) is 11.4 Å². The molecule has 2 aromatic rings. The van der Waals surface area contributed by atoms with E-state index in [1.165, 1.54) is 0 Å². The first-order chi connectivity index (χ1) is 5.79. The van der Waals surface area contributed by atoms with Gasteiger partial charge in [0.15, 0.2) is 0 Å². The van der Waals surface area contributed by atoms with Crippen molar-refractivity contribution in [1.82, 2.24) is 0 Å². The van der Waals surface area contributed by atoms with Crippen LogP contribution in [0.2, 0.25) is 0 Å². The summed E-state index contributed by atoms with van der Waals surface area (Å²) in [6.07, 6.45) is 0. The Balaban J connectivity index is 0.000000845. The normalized spacial score (nSPS) is 9.54. The molecule has 0 heterocycles. The van der Waals surface area contributed by atoms with Crippen LogP contribution in [0.5, 0.6) is 0 Å². The summed E-state index contributed by atoms with van der Waals surface area (Å²) in [7, 11) is 0. The van der Waals surface area contributed by atoms with Crippen molar-refractivity contribution in [1.29, 1.82) is 0 Å². The van der Waals surface area contributed by atoms with Crippen LogP contribution < -0.4 is 11.5 Å². The molecule has 2 nitrogen and oxygen atoms in total. The van der Waals surface area contributed by atoms with Crippen molar-refractivity contribution in [2.45, 2.75) is 0 Å². The molecule has 0 radical (unpaired) electrons. The topological polar surface area (TPSA) is 52.0 Å². The second kappa shape index (κ2) is 3.54. The SMILES string of the molecule is Cl.Nc1ccc2ccccc2c1N. The Kier molecular flexibility index (Phi) is 2.63. The van der Waals surface area contributed by atoms with Crippen LogP contribution in [0.1, 0.15) is 0 Å². The lowest BCUT2D eigenvalue weighted by Gasteiger charge is -2.03. The number of anilines is 2. The fourth-order valence-electron chi connectivity index (χ4n) is 1.31. The van der Waals surface area contributed by atoms with Crippen molar-refractivity contribution in [2.75, 3.05) is 11.5 Å². The second-order valence-electron chi connectivity index (χ2n) is 2.79. The van der Waals surface area contributed by atoms with Gasteiger partial charge in [-0.2, -0.15) is 0 Å². The van der Waals surface area contributed by atoms with E-state index in [2.05, 4.69) is 0 Å². The first-order valence-electron chi connectivity index (χ1n) is 3.82. The van der Waals surface area contributed by atoms with E-state index in [0.29, 0.717) is 11.4 Å². The Bertz CT molecular complexity index is 426. The first-order valence-corrected chi connectivity index (χ1v) is 3.82. The van der Waals surface area contributed by atoms with Crippen molar-refractivity contribution in [3.8, 4) is 0 Å². The van der Waals surface area contributed by atoms with E-state index in [4.69, 9.17) is 11.5 Å². The smallest absolute Gasteiger partial charge is 0.0627 e. The van der Waals surface area contributed by atoms with E-state index in [-0.39, 0.29) is 12.4 Å². The molecule has 0 fully saturated rings. The second-order valence-corrected chi connectivity index (χ2v) is 2.79. The molecule has 68 valence electrons. The van der Waals surface area contributed by atoms with Gasteiger partial charge in [-0.25, -0.2) is 0 Å². The molecule has 0 bridgehead atoms. The summed E-state index contributed by atoms with van der Waals surface area (Å²) in [5.41, 5.74) is 12.8. The summed E-state index contributed by atoms with van der Waals surface area (Å²) >= 11 is 0. The molecule has 0 saturated heterocycles. The average molecular weight is 195 g/mol. The summed E-state index contributed by atoms with van der Waals surface area (Å²) in [6.45, 7) is 0. The molecule has 2 aromatic carbocycles. The van der Waals surface area contributed by atoms with Crippen LogP contribution in [0, 0.1) is 0 Å². The van der Waals surface area contributed by atoms with E-state index in [9.17, 15) is 0 Å². The van der Waals surface area contributed by atoms with Crippen LogP contribution in [0.15, 0.2) is 36.4 Å². The van der Waals surface area contributed by atoms with Gasteiger partial charge in [-0.1, -0.05) is 30.3 Å². The largest absolute Gasteiger partial charge is 0.397 e. The van der Waals surface area contributed by atoms with Crippen LogP contribution in [0.3, 0.4) is 0 Å². The molecule has 3 heteroatoms. The minimum atomic E-state index is 0. The third-order valence-corrected chi connectivity index (χ3v) is 2.00. The zero-order valence-electron chi connectivity index (χ0n) is 7.03. The van der Waals surface area contributed by atoms with Crippen molar-refractivity contribution in [3.05, 3.63) is 36.4 Å². The number of hydrogen-bond donors (Lipinski definition) is 2. The lowest BCUT2D eigenvalue weighted by Crippen LogP contribution is -1.94. The molecule has 0 amide bonds. The van der Waals surface area contributed by atoms with Crippen LogP contribution >= 0.6 is 12.4 Å². The van der Waals surface area contributed by atoms with Crippen LogP contribution in [0.25, 0.3) is 10.8 Å². The number of nitrogens with two attached hydrogens (primary N) is 2. The van der Waals surface area contributed by atoms with Gasteiger partial charge in [-0.05, 0) is 11.5 Å². The Morgan fingerprint density at radius 3 is 2.31 bits per heavy atom.